The maximum Gasteiger partial charge on any atom is 0.218 e. The molecule has 1 unspecified atom stereocenters. The fraction of sp³-hybridized carbons (Fsp3) is 0.250. The van der Waals surface area contributed by atoms with E-state index in [0.29, 0.717) is 6.42 Å². The molecule has 1 atom stereocenters. The van der Waals surface area contributed by atoms with Gasteiger partial charge in [-0.2, -0.15) is 0 Å². The van der Waals surface area contributed by atoms with Crippen molar-refractivity contribution in [3.8, 4) is 0 Å². The molecule has 74 valence electrons. The zero-order valence-electron chi connectivity index (χ0n) is 8.15. The van der Waals surface area contributed by atoms with E-state index in [-0.39, 0.29) is 11.8 Å². The minimum Gasteiger partial charge on any atom is -0.370 e. The van der Waals surface area contributed by atoms with Crippen molar-refractivity contribution >= 4 is 5.91 Å². The average Bonchev–Trinajstić information content (AvgIpc) is 2.18. The van der Waals surface area contributed by atoms with Crippen LogP contribution < -0.4 is 5.73 Å². The quantitative estimate of drug-likeness (QED) is 0.709. The Balaban J connectivity index is 2.77. The van der Waals surface area contributed by atoms with Crippen molar-refractivity contribution in [1.29, 1.82) is 0 Å². The summed E-state index contributed by atoms with van der Waals surface area (Å²) in [5.74, 6) is -0.0908. The molecule has 1 amide bonds. The van der Waals surface area contributed by atoms with Crippen LogP contribution in [0.25, 0.3) is 0 Å². The van der Waals surface area contributed by atoms with Gasteiger partial charge >= 0.3 is 0 Å². The van der Waals surface area contributed by atoms with Gasteiger partial charge in [-0.15, -0.1) is 6.58 Å². The summed E-state index contributed by atoms with van der Waals surface area (Å²) in [6.07, 6.45) is 2.99. The van der Waals surface area contributed by atoms with Crippen LogP contribution in [0, 0.1) is 0 Å². The Kier molecular flexibility index (Phi) is 3.92. The van der Waals surface area contributed by atoms with Crippen LogP contribution in [0.2, 0.25) is 0 Å². The summed E-state index contributed by atoms with van der Waals surface area (Å²) in [7, 11) is 0. The minimum absolute atomic E-state index is 0.172. The summed E-state index contributed by atoms with van der Waals surface area (Å²) in [5.41, 5.74) is 6.33. The summed E-state index contributed by atoms with van der Waals surface area (Å²) in [6, 6.07) is 9.91. The van der Waals surface area contributed by atoms with Gasteiger partial charge in [-0.25, -0.2) is 0 Å². The molecule has 0 saturated heterocycles. The molecule has 0 spiro atoms. The van der Waals surface area contributed by atoms with Gasteiger partial charge in [0.2, 0.25) is 5.91 Å². The first-order valence-corrected chi connectivity index (χ1v) is 4.68. The van der Waals surface area contributed by atoms with Crippen molar-refractivity contribution in [2.24, 2.45) is 5.73 Å². The highest BCUT2D eigenvalue weighted by atomic mass is 16.1. The van der Waals surface area contributed by atoms with E-state index >= 15 is 0 Å². The second-order valence-corrected chi connectivity index (χ2v) is 3.30. The summed E-state index contributed by atoms with van der Waals surface area (Å²) in [6.45, 7) is 3.68. The second kappa shape index (κ2) is 5.22. The normalized spacial score (nSPS) is 12.0. The number of amides is 1. The van der Waals surface area contributed by atoms with Crippen LogP contribution in [0.3, 0.4) is 0 Å². The highest BCUT2D eigenvalue weighted by Gasteiger charge is 2.11. The summed E-state index contributed by atoms with van der Waals surface area (Å²) < 4.78 is 0. The Hall–Kier alpha value is -1.57. The lowest BCUT2D eigenvalue weighted by Gasteiger charge is -2.12. The SMILES string of the molecule is C=CCC(CC(N)=O)c1ccccc1. The molecule has 2 heteroatoms. The summed E-state index contributed by atoms with van der Waals surface area (Å²) in [5, 5.41) is 0. The van der Waals surface area contributed by atoms with Crippen LogP contribution in [0.15, 0.2) is 43.0 Å². The van der Waals surface area contributed by atoms with E-state index < -0.39 is 0 Å². The smallest absolute Gasteiger partial charge is 0.218 e. The maximum absolute atomic E-state index is 10.8. The number of carbonyl (C=O) groups excluding carboxylic acids is 1. The van der Waals surface area contributed by atoms with Crippen LogP contribution in [0.4, 0.5) is 0 Å². The molecular weight excluding hydrogens is 174 g/mol. The molecular formula is C12H15NO. The molecule has 0 aliphatic heterocycles. The third-order valence-corrected chi connectivity index (χ3v) is 2.17. The van der Waals surface area contributed by atoms with Crippen LogP contribution in [0.5, 0.6) is 0 Å². The topological polar surface area (TPSA) is 43.1 Å². The first kappa shape index (κ1) is 10.5. The molecule has 1 aromatic rings. The molecule has 0 fully saturated rings. The van der Waals surface area contributed by atoms with Crippen molar-refractivity contribution < 1.29 is 4.79 Å². The van der Waals surface area contributed by atoms with Crippen LogP contribution in [-0.2, 0) is 4.79 Å². The van der Waals surface area contributed by atoms with Crippen molar-refractivity contribution in [1.82, 2.24) is 0 Å². The van der Waals surface area contributed by atoms with Crippen molar-refractivity contribution in [2.75, 3.05) is 0 Å². The van der Waals surface area contributed by atoms with Crippen molar-refractivity contribution in [3.63, 3.8) is 0 Å². The highest BCUT2D eigenvalue weighted by Crippen LogP contribution is 2.22. The molecule has 0 saturated carbocycles. The van der Waals surface area contributed by atoms with Crippen molar-refractivity contribution in [2.45, 2.75) is 18.8 Å². The van der Waals surface area contributed by atoms with E-state index in [1.54, 1.807) is 0 Å². The fourth-order valence-corrected chi connectivity index (χ4v) is 1.51. The van der Waals surface area contributed by atoms with Gasteiger partial charge in [-0.3, -0.25) is 4.79 Å². The Morgan fingerprint density at radius 3 is 2.57 bits per heavy atom. The lowest BCUT2D eigenvalue weighted by molar-refractivity contribution is -0.118. The molecule has 0 aliphatic carbocycles. The van der Waals surface area contributed by atoms with E-state index in [0.717, 1.165) is 12.0 Å². The van der Waals surface area contributed by atoms with E-state index in [4.69, 9.17) is 5.73 Å². The predicted molar refractivity (Wildman–Crippen MR) is 57.8 cm³/mol. The van der Waals surface area contributed by atoms with Gasteiger partial charge in [0.15, 0.2) is 0 Å². The molecule has 0 radical (unpaired) electrons. The molecule has 0 aliphatic rings. The molecule has 0 aromatic heterocycles. The van der Waals surface area contributed by atoms with Gasteiger partial charge in [0.05, 0.1) is 0 Å². The van der Waals surface area contributed by atoms with Gasteiger partial charge in [-0.1, -0.05) is 36.4 Å². The summed E-state index contributed by atoms with van der Waals surface area (Å²) in [4.78, 5) is 10.8. The molecule has 2 N–H and O–H groups in total. The van der Waals surface area contributed by atoms with Gasteiger partial charge in [-0.05, 0) is 17.9 Å². The lowest BCUT2D eigenvalue weighted by atomic mass is 9.92. The molecule has 1 rings (SSSR count). The minimum atomic E-state index is -0.263. The molecule has 0 bridgehead atoms. The predicted octanol–water partition coefficient (Wildman–Crippen LogP) is 2.22. The number of allylic oxidation sites excluding steroid dienone is 1. The number of nitrogens with two attached hydrogens (primary N) is 1. The van der Waals surface area contributed by atoms with Gasteiger partial charge in [0.1, 0.15) is 0 Å². The number of carbonyl (C=O) groups is 1. The third kappa shape index (κ3) is 3.05. The maximum atomic E-state index is 10.8. The van der Waals surface area contributed by atoms with Crippen LogP contribution in [0.1, 0.15) is 24.3 Å². The van der Waals surface area contributed by atoms with Gasteiger partial charge in [0, 0.05) is 6.42 Å². The van der Waals surface area contributed by atoms with Gasteiger partial charge in [0.25, 0.3) is 0 Å². The van der Waals surface area contributed by atoms with E-state index in [1.807, 2.05) is 36.4 Å². The number of hydrogen-bond acceptors (Lipinski definition) is 1. The average molecular weight is 189 g/mol. The van der Waals surface area contributed by atoms with Crippen molar-refractivity contribution in [3.05, 3.63) is 48.6 Å². The fourth-order valence-electron chi connectivity index (χ4n) is 1.51. The molecule has 2 nitrogen and oxygen atoms in total. The second-order valence-electron chi connectivity index (χ2n) is 3.30. The number of hydrogen-bond donors (Lipinski definition) is 1. The third-order valence-electron chi connectivity index (χ3n) is 2.17. The van der Waals surface area contributed by atoms with E-state index in [1.165, 1.54) is 0 Å². The van der Waals surface area contributed by atoms with Crippen LogP contribution >= 0.6 is 0 Å². The monoisotopic (exact) mass is 189 g/mol. The van der Waals surface area contributed by atoms with E-state index in [9.17, 15) is 4.79 Å². The van der Waals surface area contributed by atoms with Crippen LogP contribution in [-0.4, -0.2) is 5.91 Å². The largest absolute Gasteiger partial charge is 0.370 e. The standard InChI is InChI=1S/C12H15NO/c1-2-6-11(9-12(13)14)10-7-4-3-5-8-10/h2-5,7-8,11H,1,6,9H2,(H2,13,14). The first-order valence-electron chi connectivity index (χ1n) is 4.68. The first-order chi connectivity index (χ1) is 6.74. The summed E-state index contributed by atoms with van der Waals surface area (Å²) >= 11 is 0. The zero-order valence-corrected chi connectivity index (χ0v) is 8.15. The Labute approximate surface area is 84.4 Å². The molecule has 14 heavy (non-hydrogen) atoms. The lowest BCUT2D eigenvalue weighted by Crippen LogP contribution is -2.15. The number of primary amides is 1. The van der Waals surface area contributed by atoms with E-state index in [2.05, 4.69) is 6.58 Å². The Morgan fingerprint density at radius 2 is 2.07 bits per heavy atom. The molecule has 0 heterocycles. The number of benzene rings is 1. The highest BCUT2D eigenvalue weighted by molar-refractivity contribution is 5.74. The van der Waals surface area contributed by atoms with Gasteiger partial charge < -0.3 is 5.73 Å². The Bertz CT molecular complexity index is 305. The zero-order chi connectivity index (χ0) is 10.4. The number of rotatable bonds is 5. The Morgan fingerprint density at radius 1 is 1.43 bits per heavy atom. The molecule has 1 aromatic carbocycles.